The first kappa shape index (κ1) is 11.6. The molecule has 1 aliphatic heterocycles. The summed E-state index contributed by atoms with van der Waals surface area (Å²) in [5.41, 5.74) is 1.98. The quantitative estimate of drug-likeness (QED) is 0.862. The molecule has 1 aromatic carbocycles. The minimum atomic E-state index is -0.593. The van der Waals surface area contributed by atoms with E-state index < -0.39 is 5.60 Å². The summed E-state index contributed by atoms with van der Waals surface area (Å²) in [4.78, 5) is 0. The number of aliphatic hydroxyl groups is 1. The summed E-state index contributed by atoms with van der Waals surface area (Å²) < 4.78 is 0. The van der Waals surface area contributed by atoms with E-state index in [1.807, 2.05) is 11.8 Å². The summed E-state index contributed by atoms with van der Waals surface area (Å²) in [6.07, 6.45) is 4.91. The molecule has 0 aromatic heterocycles. The molecule has 3 rings (SSSR count). The molecule has 0 radical (unpaired) electrons. The van der Waals surface area contributed by atoms with Crippen molar-refractivity contribution in [1.82, 2.24) is 0 Å². The highest BCUT2D eigenvalue weighted by Crippen LogP contribution is 2.44. The third-order valence-corrected chi connectivity index (χ3v) is 5.82. The second kappa shape index (κ2) is 4.33. The molecule has 2 fully saturated rings. The van der Waals surface area contributed by atoms with Crippen LogP contribution in [0.5, 0.6) is 0 Å². The lowest BCUT2D eigenvalue weighted by Gasteiger charge is -2.30. The zero-order valence-corrected chi connectivity index (χ0v) is 11.2. The van der Waals surface area contributed by atoms with E-state index in [1.165, 1.54) is 24.8 Å². The number of benzene rings is 1. The molecule has 2 aliphatic rings. The highest BCUT2D eigenvalue weighted by molar-refractivity contribution is 8.00. The van der Waals surface area contributed by atoms with E-state index >= 15 is 0 Å². The van der Waals surface area contributed by atoms with Crippen LogP contribution < -0.4 is 0 Å². The lowest BCUT2D eigenvalue weighted by atomic mass is 9.78. The Hall–Kier alpha value is -0.470. The van der Waals surface area contributed by atoms with Crippen LogP contribution in [-0.4, -0.2) is 16.1 Å². The monoisotopic (exact) mass is 248 g/mol. The molecule has 2 heteroatoms. The highest BCUT2D eigenvalue weighted by atomic mass is 32.2. The van der Waals surface area contributed by atoms with Crippen molar-refractivity contribution in [2.75, 3.05) is 5.75 Å². The van der Waals surface area contributed by atoms with Gasteiger partial charge in [0.05, 0.1) is 0 Å². The molecular formula is C15H20OS. The van der Waals surface area contributed by atoms with Crippen molar-refractivity contribution in [3.05, 3.63) is 35.4 Å². The number of hydrogen-bond acceptors (Lipinski definition) is 2. The van der Waals surface area contributed by atoms with Crippen molar-refractivity contribution in [1.29, 1.82) is 0 Å². The molecule has 17 heavy (non-hydrogen) atoms. The number of thioether (sulfide) groups is 1. The topological polar surface area (TPSA) is 20.2 Å². The highest BCUT2D eigenvalue weighted by Gasteiger charge is 2.40. The molecule has 0 spiro atoms. The van der Waals surface area contributed by atoms with Gasteiger partial charge in [0, 0.05) is 5.25 Å². The summed E-state index contributed by atoms with van der Waals surface area (Å²) in [6.45, 7) is 2.15. The molecule has 1 aliphatic carbocycles. The fourth-order valence-electron chi connectivity index (χ4n) is 2.91. The Bertz CT molecular complexity index is 413. The number of hydrogen-bond donors (Lipinski definition) is 1. The van der Waals surface area contributed by atoms with Gasteiger partial charge >= 0.3 is 0 Å². The number of rotatable bonds is 2. The van der Waals surface area contributed by atoms with E-state index in [9.17, 15) is 5.11 Å². The third-order valence-electron chi connectivity index (χ3n) is 4.49. The van der Waals surface area contributed by atoms with Gasteiger partial charge in [-0.1, -0.05) is 37.6 Å². The van der Waals surface area contributed by atoms with E-state index in [2.05, 4.69) is 31.2 Å². The fourth-order valence-corrected chi connectivity index (χ4v) is 4.23. The molecule has 2 atom stereocenters. The van der Waals surface area contributed by atoms with Crippen molar-refractivity contribution < 1.29 is 5.11 Å². The van der Waals surface area contributed by atoms with Crippen LogP contribution in [0.1, 0.15) is 49.7 Å². The Kier molecular flexibility index (Phi) is 2.95. The van der Waals surface area contributed by atoms with E-state index in [0.29, 0.717) is 5.25 Å². The average molecular weight is 248 g/mol. The molecule has 1 saturated carbocycles. The summed E-state index contributed by atoms with van der Waals surface area (Å²) in [5.74, 6) is 1.83. The van der Waals surface area contributed by atoms with Crippen LogP contribution >= 0.6 is 11.8 Å². The molecule has 0 bridgehead atoms. The van der Waals surface area contributed by atoms with Gasteiger partial charge in [0.25, 0.3) is 0 Å². The lowest BCUT2D eigenvalue weighted by molar-refractivity contribution is 0.0426. The van der Waals surface area contributed by atoms with Crippen molar-refractivity contribution in [3.8, 4) is 0 Å². The minimum absolute atomic E-state index is 0.319. The van der Waals surface area contributed by atoms with Crippen molar-refractivity contribution >= 4 is 11.8 Å². The fraction of sp³-hybridized carbons (Fsp3) is 0.600. The second-order valence-electron chi connectivity index (χ2n) is 5.44. The van der Waals surface area contributed by atoms with Gasteiger partial charge in [0.2, 0.25) is 0 Å². The second-order valence-corrected chi connectivity index (χ2v) is 6.89. The van der Waals surface area contributed by atoms with E-state index in [0.717, 1.165) is 23.7 Å². The average Bonchev–Trinajstić information content (AvgIpc) is 2.59. The molecule has 2 unspecified atom stereocenters. The van der Waals surface area contributed by atoms with Crippen LogP contribution in [0.3, 0.4) is 0 Å². The largest absolute Gasteiger partial charge is 0.384 e. The molecule has 1 saturated heterocycles. The molecule has 1 aromatic rings. The molecular weight excluding hydrogens is 228 g/mol. The van der Waals surface area contributed by atoms with Gasteiger partial charge in [-0.15, -0.1) is 0 Å². The van der Waals surface area contributed by atoms with Crippen LogP contribution in [0.15, 0.2) is 24.3 Å². The van der Waals surface area contributed by atoms with Gasteiger partial charge in [-0.25, -0.2) is 0 Å². The van der Waals surface area contributed by atoms with Gasteiger partial charge < -0.3 is 5.11 Å². The summed E-state index contributed by atoms with van der Waals surface area (Å²) in [7, 11) is 0. The van der Waals surface area contributed by atoms with Crippen LogP contribution in [0, 0.1) is 0 Å². The smallest absolute Gasteiger partial charge is 0.102 e. The first-order valence-corrected chi connectivity index (χ1v) is 7.69. The maximum Gasteiger partial charge on any atom is 0.102 e. The van der Waals surface area contributed by atoms with E-state index in [-0.39, 0.29) is 0 Å². The maximum atomic E-state index is 10.8. The van der Waals surface area contributed by atoms with Gasteiger partial charge in [0.1, 0.15) is 5.60 Å². The first-order chi connectivity index (χ1) is 8.20. The SMILES string of the molecule is CC1SCCC1(O)c1cccc(C2CCC2)c1. The zero-order chi connectivity index (χ0) is 11.9. The molecule has 1 N–H and O–H groups in total. The Morgan fingerprint density at radius 2 is 2.18 bits per heavy atom. The molecule has 1 heterocycles. The van der Waals surface area contributed by atoms with Crippen LogP contribution in [-0.2, 0) is 5.60 Å². The molecule has 1 nitrogen and oxygen atoms in total. The Morgan fingerprint density at radius 1 is 1.35 bits per heavy atom. The van der Waals surface area contributed by atoms with Crippen molar-refractivity contribution in [3.63, 3.8) is 0 Å². The Balaban J connectivity index is 1.91. The van der Waals surface area contributed by atoms with Gasteiger partial charge in [-0.05, 0) is 42.1 Å². The normalized spacial score (nSPS) is 33.6. The molecule has 92 valence electrons. The van der Waals surface area contributed by atoms with Crippen LogP contribution in [0.2, 0.25) is 0 Å². The predicted octanol–water partition coefficient (Wildman–Crippen LogP) is 3.67. The van der Waals surface area contributed by atoms with Gasteiger partial charge in [0.15, 0.2) is 0 Å². The zero-order valence-electron chi connectivity index (χ0n) is 10.4. The minimum Gasteiger partial charge on any atom is -0.384 e. The summed E-state index contributed by atoms with van der Waals surface area (Å²) in [5, 5.41) is 11.1. The van der Waals surface area contributed by atoms with Crippen molar-refractivity contribution in [2.45, 2.75) is 49.4 Å². The summed E-state index contributed by atoms with van der Waals surface area (Å²) in [6, 6.07) is 8.71. The lowest BCUT2D eigenvalue weighted by Crippen LogP contribution is -2.31. The van der Waals surface area contributed by atoms with Crippen LogP contribution in [0.25, 0.3) is 0 Å². The van der Waals surface area contributed by atoms with Crippen LogP contribution in [0.4, 0.5) is 0 Å². The van der Waals surface area contributed by atoms with Gasteiger partial charge in [-0.3, -0.25) is 0 Å². The maximum absolute atomic E-state index is 10.8. The predicted molar refractivity (Wildman–Crippen MR) is 73.5 cm³/mol. The van der Waals surface area contributed by atoms with Crippen molar-refractivity contribution in [2.24, 2.45) is 0 Å². The molecule has 0 amide bonds. The van der Waals surface area contributed by atoms with E-state index in [1.54, 1.807) is 0 Å². The van der Waals surface area contributed by atoms with Gasteiger partial charge in [-0.2, -0.15) is 11.8 Å². The first-order valence-electron chi connectivity index (χ1n) is 6.64. The third kappa shape index (κ3) is 1.92. The summed E-state index contributed by atoms with van der Waals surface area (Å²) >= 11 is 1.88. The van der Waals surface area contributed by atoms with E-state index in [4.69, 9.17) is 0 Å². The standard InChI is InChI=1S/C15H20OS/c1-11-15(16,8-9-17-11)14-7-3-6-13(10-14)12-4-2-5-12/h3,6-7,10-12,16H,2,4-5,8-9H2,1H3. The Morgan fingerprint density at radius 3 is 2.76 bits per heavy atom. The Labute approximate surface area is 108 Å².